The van der Waals surface area contributed by atoms with Gasteiger partial charge in [-0.1, -0.05) is 0 Å². The summed E-state index contributed by atoms with van der Waals surface area (Å²) in [4.78, 5) is 87.5. The lowest BCUT2D eigenvalue weighted by atomic mass is 10.1. The number of H-pyrrole nitrogens is 3. The van der Waals surface area contributed by atoms with Gasteiger partial charge in [0.15, 0.2) is 0 Å². The van der Waals surface area contributed by atoms with Gasteiger partial charge >= 0.3 is 27.4 Å². The Kier molecular flexibility index (Phi) is 13.3. The summed E-state index contributed by atoms with van der Waals surface area (Å²) in [7, 11) is 0. The number of nitrogens with two attached hydrogens (primary N) is 1. The van der Waals surface area contributed by atoms with Gasteiger partial charge in [0.25, 0.3) is 16.7 Å². The molecule has 0 unspecified atom stereocenters. The van der Waals surface area contributed by atoms with Gasteiger partial charge in [-0.3, -0.25) is 63.7 Å². The van der Waals surface area contributed by atoms with Crippen LogP contribution in [0.4, 0.5) is 0 Å². The van der Waals surface area contributed by atoms with Crippen LogP contribution in [0.3, 0.4) is 0 Å². The maximum atomic E-state index is 12.9. The van der Waals surface area contributed by atoms with E-state index in [9.17, 15) is 33.9 Å². The molecular weight excluding hydrogens is 787 g/mol. The Morgan fingerprint density at radius 1 is 0.684 bits per heavy atom. The molecule has 6 rings (SSSR count). The Bertz CT molecular complexity index is 2370. The number of thioether (sulfide) groups is 2. The largest absolute Gasteiger partial charge is 0.390 e. The number of aromatic amines is 3. The highest BCUT2D eigenvalue weighted by Gasteiger charge is 2.43. The summed E-state index contributed by atoms with van der Waals surface area (Å²) >= 11 is 2.80. The summed E-state index contributed by atoms with van der Waals surface area (Å²) in [6, 6.07) is -0.654. The number of hydrogen-bond donors (Lipinski definition) is 9. The third-order valence-corrected chi connectivity index (χ3v) is 11.6. The van der Waals surface area contributed by atoms with E-state index in [2.05, 4.69) is 35.6 Å². The molecule has 3 fully saturated rings. The summed E-state index contributed by atoms with van der Waals surface area (Å²) < 4.78 is 22.6. The van der Waals surface area contributed by atoms with Gasteiger partial charge in [-0.15, -0.1) is 0 Å². The molecule has 0 saturated carbocycles. The predicted octanol–water partition coefficient (Wildman–Crippen LogP) is -5.74. The minimum atomic E-state index is -0.898. The molecule has 0 radical (unpaired) electrons. The van der Waals surface area contributed by atoms with Crippen molar-refractivity contribution >= 4 is 33.9 Å². The predicted molar refractivity (Wildman–Crippen MR) is 211 cm³/mol. The van der Waals surface area contributed by atoms with Crippen LogP contribution in [0.25, 0.3) is 0 Å². The van der Waals surface area contributed by atoms with E-state index in [1.165, 1.54) is 55.8 Å². The molecule has 3 saturated heterocycles. The fourth-order valence-electron chi connectivity index (χ4n) is 7.07. The average molecular weight is 836 g/mol. The third kappa shape index (κ3) is 9.45. The van der Waals surface area contributed by atoms with Crippen molar-refractivity contribution in [2.24, 2.45) is 5.73 Å². The Morgan fingerprint density at radius 3 is 1.47 bits per heavy atom. The lowest BCUT2D eigenvalue weighted by Crippen LogP contribution is -2.81. The quantitative estimate of drug-likeness (QED) is 0.0680. The first-order valence-corrected chi connectivity index (χ1v) is 20.8. The minimum absolute atomic E-state index is 0.145. The first-order chi connectivity index (χ1) is 27.2. The van der Waals surface area contributed by atoms with Crippen LogP contribution in [-0.2, 0) is 14.2 Å². The van der Waals surface area contributed by atoms with Gasteiger partial charge in [0.2, 0.25) is 0 Å². The molecule has 3 aliphatic rings. The number of aryl methyl sites for hydroxylation is 3. The number of amidine groups is 2. The Balaban J connectivity index is 1.18. The van der Waals surface area contributed by atoms with Crippen LogP contribution < -0.4 is 60.1 Å². The molecule has 10 N–H and O–H groups in total. The van der Waals surface area contributed by atoms with E-state index in [-0.39, 0.29) is 38.1 Å². The van der Waals surface area contributed by atoms with Gasteiger partial charge in [-0.2, -0.15) is 0 Å². The van der Waals surface area contributed by atoms with E-state index in [1.54, 1.807) is 20.8 Å². The van der Waals surface area contributed by atoms with E-state index in [0.717, 1.165) is 0 Å². The molecule has 57 heavy (non-hydrogen) atoms. The van der Waals surface area contributed by atoms with Gasteiger partial charge in [0.1, 0.15) is 62.2 Å². The topological polar surface area (TPSA) is 291 Å². The highest BCUT2D eigenvalue weighted by atomic mass is 32.2. The lowest BCUT2D eigenvalue weighted by Gasteiger charge is -2.17. The van der Waals surface area contributed by atoms with Crippen molar-refractivity contribution in [3.63, 3.8) is 0 Å². The average Bonchev–Trinajstić information content (AvgIpc) is 3.88. The van der Waals surface area contributed by atoms with Crippen LogP contribution >= 0.6 is 23.5 Å². The summed E-state index contributed by atoms with van der Waals surface area (Å²) in [6.07, 6.45) is 4.28. The zero-order valence-corrected chi connectivity index (χ0v) is 33.7. The maximum Gasteiger partial charge on any atom is 0.330 e. The van der Waals surface area contributed by atoms with Gasteiger partial charge < -0.3 is 25.1 Å². The number of aromatic nitrogens is 6. The van der Waals surface area contributed by atoms with Crippen molar-refractivity contribution in [2.75, 3.05) is 32.1 Å². The first kappa shape index (κ1) is 42.1. The van der Waals surface area contributed by atoms with Crippen LogP contribution in [0, 0.1) is 20.8 Å². The van der Waals surface area contributed by atoms with Crippen LogP contribution in [0.15, 0.2) is 47.4 Å². The van der Waals surface area contributed by atoms with Crippen molar-refractivity contribution in [1.29, 1.82) is 0 Å². The molecule has 0 aromatic carbocycles. The first-order valence-electron chi connectivity index (χ1n) is 18.3. The number of nitrogens with zero attached hydrogens (tertiary/aromatic N) is 3. The lowest BCUT2D eigenvalue weighted by molar-refractivity contribution is -0.473. The van der Waals surface area contributed by atoms with Crippen molar-refractivity contribution < 1.29 is 29.3 Å². The normalized spacial score (nSPS) is 27.9. The van der Waals surface area contributed by atoms with Crippen molar-refractivity contribution in [3.05, 3.63) is 97.8 Å². The second-order valence-corrected chi connectivity index (χ2v) is 15.8. The molecule has 0 aliphatic carbocycles. The van der Waals surface area contributed by atoms with E-state index in [4.69, 9.17) is 19.9 Å². The van der Waals surface area contributed by atoms with E-state index in [1.807, 2.05) is 12.5 Å². The molecule has 0 amide bonds. The summed E-state index contributed by atoms with van der Waals surface area (Å²) in [6.45, 7) is 5.43. The van der Waals surface area contributed by atoms with Crippen molar-refractivity contribution in [1.82, 2.24) is 39.3 Å². The van der Waals surface area contributed by atoms with Gasteiger partial charge in [-0.25, -0.2) is 14.4 Å². The molecule has 21 nitrogen and oxygen atoms in total. The Labute approximate surface area is 332 Å². The summed E-state index contributed by atoms with van der Waals surface area (Å²) in [5.74, 6) is 0. The molecule has 3 aromatic heterocycles. The number of rotatable bonds is 10. The van der Waals surface area contributed by atoms with E-state index < -0.39 is 76.8 Å². The smallest absolute Gasteiger partial charge is 0.330 e. The SMILES string of the molecule is CSC(N[C@H]1C[C@H](n2cc(C)c(=O)[nH]c2=O)O[C@@H]1CN)=[NH+]C[C@H]1O[C@@H](n2cc(C)c(=O)[nH]c2=O)C[C@@H]1NC(=[NH+]C[C@H]1O[C@@H](n2cc(C)c(=O)[nH]c2=O)C[C@@H]1O)SC. The number of ether oxygens (including phenoxy) is 3. The molecule has 9 atom stereocenters. The van der Waals surface area contributed by atoms with Gasteiger partial charge in [-0.05, 0) is 56.8 Å². The van der Waals surface area contributed by atoms with E-state index >= 15 is 0 Å². The minimum Gasteiger partial charge on any atom is -0.390 e. The highest BCUT2D eigenvalue weighted by Crippen LogP contribution is 2.29. The summed E-state index contributed by atoms with van der Waals surface area (Å²) in [5, 5.41) is 19.1. The fourth-order valence-corrected chi connectivity index (χ4v) is 8.07. The van der Waals surface area contributed by atoms with Crippen LogP contribution in [-0.4, -0.2) is 113 Å². The molecule has 3 aliphatic heterocycles. The third-order valence-electron chi connectivity index (χ3n) is 10.2. The number of aliphatic hydroxyl groups excluding tert-OH is 1. The molecule has 6 heterocycles. The molecule has 23 heteroatoms. The molecule has 3 aromatic rings. The van der Waals surface area contributed by atoms with Crippen molar-refractivity contribution in [3.8, 4) is 0 Å². The maximum absolute atomic E-state index is 12.9. The van der Waals surface area contributed by atoms with Crippen LogP contribution in [0.1, 0.15) is 54.6 Å². The molecular formula is C34H49N11O10S2+2. The van der Waals surface area contributed by atoms with E-state index in [0.29, 0.717) is 39.9 Å². The fraction of sp³-hybridized carbons (Fsp3) is 0.588. The zero-order valence-electron chi connectivity index (χ0n) is 32.0. The monoisotopic (exact) mass is 835 g/mol. The van der Waals surface area contributed by atoms with Crippen molar-refractivity contribution in [2.45, 2.75) is 95.2 Å². The second-order valence-electron chi connectivity index (χ2n) is 14.2. The summed E-state index contributed by atoms with van der Waals surface area (Å²) in [5.41, 5.74) is 3.89. The Hall–Kier alpha value is -4.52. The standard InChI is InChI=1S/C34H47N11O10S2/c1-15-12-43(32(50)40-27(15)47)24-6-18(21(9-35)53-24)38-30(56-4)36-10-22-19(7-25(54-22)44-13-16(2)28(48)41-33(44)51)39-31(57-5)37-11-23-20(46)8-26(55-23)45-14-17(3)29(49)42-34(45)52/h12-14,18-26,46H,6-11,35H2,1-5H3,(H,36,38)(H,37,39)(H,40,47,50)(H,41,48,51)(H,42,49,52)/p+2/t18-,19-,20-,21+,22+,23+,24+,25+,26+/m0/s1. The van der Waals surface area contributed by atoms with Gasteiger partial charge in [0.05, 0.1) is 6.10 Å². The van der Waals surface area contributed by atoms with Crippen LogP contribution in [0.5, 0.6) is 0 Å². The molecule has 310 valence electrons. The van der Waals surface area contributed by atoms with Gasteiger partial charge in [0, 0.05) is 61.1 Å². The highest BCUT2D eigenvalue weighted by molar-refractivity contribution is 8.13. The number of hydrogen-bond acceptors (Lipinski definition) is 13. The molecule has 0 spiro atoms. The number of aliphatic hydroxyl groups is 1. The molecule has 0 bridgehead atoms. The second kappa shape index (κ2) is 18.0. The zero-order chi connectivity index (χ0) is 41.1. The van der Waals surface area contributed by atoms with Crippen LogP contribution in [0.2, 0.25) is 0 Å². The number of nitrogens with one attached hydrogen (secondary N) is 7. The Morgan fingerprint density at radius 2 is 1.05 bits per heavy atom.